The first-order valence-corrected chi connectivity index (χ1v) is 13.5. The van der Waals surface area contributed by atoms with Gasteiger partial charge in [0.15, 0.2) is 5.78 Å². The Balaban J connectivity index is 1.50. The van der Waals surface area contributed by atoms with Crippen molar-refractivity contribution < 1.29 is 34.5 Å². The van der Waals surface area contributed by atoms with Crippen molar-refractivity contribution in [3.05, 3.63) is 48.3 Å². The molecular formula is C29H36N2O7. The van der Waals surface area contributed by atoms with Crippen LogP contribution < -0.4 is 10.6 Å². The van der Waals surface area contributed by atoms with Crippen molar-refractivity contribution in [2.45, 2.75) is 56.8 Å². The van der Waals surface area contributed by atoms with E-state index in [0.717, 1.165) is 6.42 Å². The molecule has 0 aromatic rings. The highest BCUT2D eigenvalue weighted by atomic mass is 16.3. The number of nitrogens with one attached hydrogen (secondary N) is 2. The van der Waals surface area contributed by atoms with Gasteiger partial charge in [-0.15, -0.1) is 6.58 Å². The van der Waals surface area contributed by atoms with Crippen LogP contribution >= 0.6 is 0 Å². The Kier molecular flexibility index (Phi) is 6.94. The molecule has 0 radical (unpaired) electrons. The zero-order valence-electron chi connectivity index (χ0n) is 21.5. The van der Waals surface area contributed by atoms with Crippen LogP contribution in [-0.2, 0) is 19.2 Å². The molecule has 5 aliphatic rings. The van der Waals surface area contributed by atoms with Crippen molar-refractivity contribution >= 4 is 23.4 Å². The normalized spacial score (nSPS) is 47.0. The third-order valence-corrected chi connectivity index (χ3v) is 9.85. The summed E-state index contributed by atoms with van der Waals surface area (Å²) in [5.74, 6) is -3.34. The number of rotatable bonds is 1. The smallest absolute Gasteiger partial charge is 0.259 e. The van der Waals surface area contributed by atoms with Crippen LogP contribution in [-0.4, -0.2) is 63.0 Å². The molecule has 9 heteroatoms. The molecule has 0 aromatic heterocycles. The standard InChI is InChI=1S/C29H36N2O7/c1-3-15-11-17-13-19-18-5-4-6-23(35)30-10-9-21(33)26-27(36)24(28(37)31-26)20(32)8-7-16(18)12-22(34)25(19)29(17,38)14(15)2/h3-4,6-8,14-19,21,25-26,32-33,38H,1,5,9-13H2,2H3,(H,30,35)(H,31,37)/b6-4-,8-7-,24-20-/t14-,15-,16+,17+,18-,19+,21+,25-,26-,29-/m0/s1. The lowest BCUT2D eigenvalue weighted by molar-refractivity contribution is -0.144. The van der Waals surface area contributed by atoms with Crippen LogP contribution in [0.5, 0.6) is 0 Å². The van der Waals surface area contributed by atoms with Crippen LogP contribution in [0.2, 0.25) is 0 Å². The van der Waals surface area contributed by atoms with Crippen LogP contribution in [0.3, 0.4) is 0 Å². The fourth-order valence-corrected chi connectivity index (χ4v) is 7.93. The minimum atomic E-state index is -1.23. The summed E-state index contributed by atoms with van der Waals surface area (Å²) in [5, 5.41) is 38.1. The second kappa shape index (κ2) is 9.93. The summed E-state index contributed by atoms with van der Waals surface area (Å²) >= 11 is 0. The first kappa shape index (κ1) is 26.6. The van der Waals surface area contributed by atoms with Gasteiger partial charge in [0.2, 0.25) is 5.91 Å². The number of fused-ring (bicyclic) bond motifs is 7. The fourth-order valence-electron chi connectivity index (χ4n) is 7.93. The number of aliphatic hydroxyl groups is 3. The van der Waals surface area contributed by atoms with Crippen LogP contribution in [0, 0.1) is 41.4 Å². The fraction of sp³-hybridized carbons (Fsp3) is 0.586. The van der Waals surface area contributed by atoms with Gasteiger partial charge in [-0.3, -0.25) is 19.2 Å². The number of aliphatic hydroxyl groups excluding tert-OH is 2. The minimum absolute atomic E-state index is 0.0199. The topological polar surface area (TPSA) is 153 Å². The monoisotopic (exact) mass is 524 g/mol. The Morgan fingerprint density at radius 3 is 2.63 bits per heavy atom. The number of ketones is 2. The Hall–Kier alpha value is -3.04. The lowest BCUT2D eigenvalue weighted by atomic mass is 9.61. The van der Waals surface area contributed by atoms with Crippen molar-refractivity contribution in [1.82, 2.24) is 10.6 Å². The molecule has 0 unspecified atom stereocenters. The van der Waals surface area contributed by atoms with E-state index in [1.165, 1.54) is 12.2 Å². The minimum Gasteiger partial charge on any atom is -0.507 e. The highest BCUT2D eigenvalue weighted by Gasteiger charge is 2.66. The van der Waals surface area contributed by atoms with Crippen molar-refractivity contribution in [2.75, 3.05) is 6.54 Å². The van der Waals surface area contributed by atoms with Gasteiger partial charge < -0.3 is 26.0 Å². The van der Waals surface area contributed by atoms with E-state index in [2.05, 4.69) is 17.2 Å². The van der Waals surface area contributed by atoms with Crippen molar-refractivity contribution in [1.29, 1.82) is 0 Å². The summed E-state index contributed by atoms with van der Waals surface area (Å²) in [4.78, 5) is 51.2. The number of carbonyl (C=O) groups excluding carboxylic acids is 4. The lowest BCUT2D eigenvalue weighted by Gasteiger charge is -2.43. The van der Waals surface area contributed by atoms with Gasteiger partial charge in [-0.2, -0.15) is 0 Å². The SMILES string of the molecule is C=C[C@H]1C[C@@H]2C[C@@H]3[C@H]4C/C=C\C(=O)NCC[C@@H](O)[C@@H]5NC(=O)/C(=C(O)/C=C\[C@@H]4CC(=O)[C@H]3[C@]2(O)[C@H]1C)C5=O. The van der Waals surface area contributed by atoms with E-state index in [-0.39, 0.29) is 66.6 Å². The molecule has 0 aromatic carbocycles. The summed E-state index contributed by atoms with van der Waals surface area (Å²) in [5.41, 5.74) is -1.52. The average Bonchev–Trinajstić information content (AvgIpc) is 3.43. The first-order valence-electron chi connectivity index (χ1n) is 13.5. The van der Waals surface area contributed by atoms with Crippen LogP contribution in [0.15, 0.2) is 48.3 Å². The predicted molar refractivity (Wildman–Crippen MR) is 137 cm³/mol. The number of amides is 2. The molecule has 2 heterocycles. The molecule has 38 heavy (non-hydrogen) atoms. The Labute approximate surface area is 221 Å². The van der Waals surface area contributed by atoms with Gasteiger partial charge in [0.25, 0.3) is 5.91 Å². The molecule has 9 nitrogen and oxygen atoms in total. The summed E-state index contributed by atoms with van der Waals surface area (Å²) in [6, 6.07) is -1.21. The van der Waals surface area contributed by atoms with Gasteiger partial charge >= 0.3 is 0 Å². The molecule has 10 atom stereocenters. The van der Waals surface area contributed by atoms with Crippen LogP contribution in [0.4, 0.5) is 0 Å². The third-order valence-electron chi connectivity index (χ3n) is 9.85. The summed E-state index contributed by atoms with van der Waals surface area (Å²) in [6.07, 6.45) is 8.97. The zero-order valence-corrected chi connectivity index (χ0v) is 21.5. The molecule has 5 N–H and O–H groups in total. The number of hydrogen-bond acceptors (Lipinski definition) is 7. The Morgan fingerprint density at radius 2 is 1.89 bits per heavy atom. The number of Topliss-reactive ketones (excluding diaryl/α,β-unsaturated/α-hetero) is 2. The van der Waals surface area contributed by atoms with Gasteiger partial charge in [0, 0.05) is 13.0 Å². The predicted octanol–water partition coefficient (Wildman–Crippen LogP) is 1.28. The van der Waals surface area contributed by atoms with Gasteiger partial charge in [-0.25, -0.2) is 0 Å². The molecule has 2 amide bonds. The molecule has 0 spiro atoms. The maximum atomic E-state index is 13.6. The second-order valence-corrected chi connectivity index (χ2v) is 11.6. The molecular weight excluding hydrogens is 488 g/mol. The molecule has 4 fully saturated rings. The number of allylic oxidation sites excluding steroid dienone is 4. The average molecular weight is 525 g/mol. The largest absolute Gasteiger partial charge is 0.507 e. The summed E-state index contributed by atoms with van der Waals surface area (Å²) in [6.45, 7) is 6.01. The van der Waals surface area contributed by atoms with E-state index in [9.17, 15) is 34.5 Å². The maximum Gasteiger partial charge on any atom is 0.259 e. The molecule has 3 saturated carbocycles. The van der Waals surface area contributed by atoms with Crippen molar-refractivity contribution in [2.24, 2.45) is 41.4 Å². The molecule has 1 saturated heterocycles. The van der Waals surface area contributed by atoms with E-state index in [1.807, 2.05) is 13.0 Å². The number of hydrogen-bond donors (Lipinski definition) is 5. The van der Waals surface area contributed by atoms with Gasteiger partial charge in [-0.1, -0.05) is 25.2 Å². The van der Waals surface area contributed by atoms with E-state index in [4.69, 9.17) is 0 Å². The first-order chi connectivity index (χ1) is 18.1. The summed E-state index contributed by atoms with van der Waals surface area (Å²) < 4.78 is 0. The second-order valence-electron chi connectivity index (χ2n) is 11.6. The van der Waals surface area contributed by atoms with Crippen LogP contribution in [0.25, 0.3) is 0 Å². The van der Waals surface area contributed by atoms with E-state index < -0.39 is 46.7 Å². The maximum absolute atomic E-state index is 13.6. The van der Waals surface area contributed by atoms with Crippen molar-refractivity contribution in [3.63, 3.8) is 0 Å². The van der Waals surface area contributed by atoms with Gasteiger partial charge in [0.1, 0.15) is 23.2 Å². The highest BCUT2D eigenvalue weighted by Crippen LogP contribution is 2.63. The Morgan fingerprint density at radius 1 is 1.13 bits per heavy atom. The molecule has 2 bridgehead atoms. The van der Waals surface area contributed by atoms with E-state index in [1.54, 1.807) is 12.2 Å². The van der Waals surface area contributed by atoms with Gasteiger partial charge in [0.05, 0.1) is 17.6 Å². The molecule has 3 aliphatic carbocycles. The summed E-state index contributed by atoms with van der Waals surface area (Å²) in [7, 11) is 0. The Bertz CT molecular complexity index is 1160. The molecule has 204 valence electrons. The molecule has 2 aliphatic heterocycles. The quantitative estimate of drug-likeness (QED) is 0.256. The van der Waals surface area contributed by atoms with E-state index in [0.29, 0.717) is 12.8 Å². The van der Waals surface area contributed by atoms with Crippen molar-refractivity contribution in [3.8, 4) is 0 Å². The lowest BCUT2D eigenvalue weighted by Crippen LogP contribution is -2.51. The number of carbonyl (C=O) groups is 4. The zero-order chi connectivity index (χ0) is 27.4. The van der Waals surface area contributed by atoms with E-state index >= 15 is 0 Å². The highest BCUT2D eigenvalue weighted by molar-refractivity contribution is 6.27. The molecule has 5 rings (SSSR count). The van der Waals surface area contributed by atoms with Crippen LogP contribution in [0.1, 0.15) is 39.0 Å². The van der Waals surface area contributed by atoms with Gasteiger partial charge in [-0.05, 0) is 73.3 Å². The third kappa shape index (κ3) is 4.16.